The van der Waals surface area contributed by atoms with E-state index in [-0.39, 0.29) is 30.5 Å². The maximum absolute atomic E-state index is 11.9. The number of rotatable bonds is 5. The molecule has 1 atom stereocenters. The summed E-state index contributed by atoms with van der Waals surface area (Å²) in [5, 5.41) is 6.02. The molecule has 1 saturated heterocycles. The number of hydrogen-bond acceptors (Lipinski definition) is 4. The van der Waals surface area contributed by atoms with Gasteiger partial charge in [0.15, 0.2) is 0 Å². The molecule has 1 fully saturated rings. The molecule has 6 heteroatoms. The number of halogens is 1. The third-order valence-corrected chi connectivity index (χ3v) is 2.98. The van der Waals surface area contributed by atoms with Gasteiger partial charge in [0.1, 0.15) is 11.9 Å². The maximum atomic E-state index is 11.9. The Kier molecular flexibility index (Phi) is 7.50. The van der Waals surface area contributed by atoms with Crippen LogP contribution < -0.4 is 15.4 Å². The SMILES string of the molecule is CC(C)Oc1ccc(CNC(=O)[C@H]2CNCCO2)cc1.Cl. The van der Waals surface area contributed by atoms with Crippen LogP contribution in [0.4, 0.5) is 0 Å². The monoisotopic (exact) mass is 314 g/mol. The Morgan fingerprint density at radius 2 is 2.14 bits per heavy atom. The van der Waals surface area contributed by atoms with E-state index in [4.69, 9.17) is 9.47 Å². The van der Waals surface area contributed by atoms with Gasteiger partial charge in [0.2, 0.25) is 0 Å². The van der Waals surface area contributed by atoms with Crippen molar-refractivity contribution in [2.24, 2.45) is 0 Å². The highest BCUT2D eigenvalue weighted by molar-refractivity contribution is 5.85. The normalized spacial score (nSPS) is 18.0. The highest BCUT2D eigenvalue weighted by Crippen LogP contribution is 2.13. The van der Waals surface area contributed by atoms with Crippen LogP contribution in [0.15, 0.2) is 24.3 Å². The molecular weight excluding hydrogens is 292 g/mol. The molecule has 0 aromatic heterocycles. The molecule has 1 heterocycles. The van der Waals surface area contributed by atoms with E-state index < -0.39 is 0 Å². The van der Waals surface area contributed by atoms with Gasteiger partial charge in [0.05, 0.1) is 12.7 Å². The van der Waals surface area contributed by atoms with Gasteiger partial charge in [0.25, 0.3) is 5.91 Å². The summed E-state index contributed by atoms with van der Waals surface area (Å²) in [6.07, 6.45) is -0.219. The zero-order chi connectivity index (χ0) is 14.4. The van der Waals surface area contributed by atoms with Crippen molar-refractivity contribution in [2.45, 2.75) is 32.6 Å². The van der Waals surface area contributed by atoms with Crippen LogP contribution in [0.5, 0.6) is 5.75 Å². The first-order valence-electron chi connectivity index (χ1n) is 7.01. The summed E-state index contributed by atoms with van der Waals surface area (Å²) in [7, 11) is 0. The van der Waals surface area contributed by atoms with Crippen LogP contribution in [-0.2, 0) is 16.1 Å². The molecule has 0 spiro atoms. The number of morpholine rings is 1. The lowest BCUT2D eigenvalue weighted by atomic mass is 10.2. The van der Waals surface area contributed by atoms with Crippen molar-refractivity contribution in [3.05, 3.63) is 29.8 Å². The molecule has 0 radical (unpaired) electrons. The van der Waals surface area contributed by atoms with E-state index in [2.05, 4.69) is 10.6 Å². The zero-order valence-corrected chi connectivity index (χ0v) is 13.2. The first kappa shape index (κ1) is 17.8. The van der Waals surface area contributed by atoms with Crippen molar-refractivity contribution < 1.29 is 14.3 Å². The van der Waals surface area contributed by atoms with Gasteiger partial charge in [-0.25, -0.2) is 0 Å². The Hall–Kier alpha value is -1.30. The van der Waals surface area contributed by atoms with E-state index in [0.717, 1.165) is 17.9 Å². The summed E-state index contributed by atoms with van der Waals surface area (Å²) >= 11 is 0. The van der Waals surface area contributed by atoms with Crippen molar-refractivity contribution in [1.82, 2.24) is 10.6 Å². The third kappa shape index (κ3) is 5.91. The molecule has 2 rings (SSSR count). The quantitative estimate of drug-likeness (QED) is 0.865. The Balaban J connectivity index is 0.00000220. The Bertz CT molecular complexity index is 431. The van der Waals surface area contributed by atoms with E-state index in [1.807, 2.05) is 38.1 Å². The van der Waals surface area contributed by atoms with Crippen LogP contribution >= 0.6 is 12.4 Å². The average molecular weight is 315 g/mol. The van der Waals surface area contributed by atoms with Crippen molar-refractivity contribution >= 4 is 18.3 Å². The van der Waals surface area contributed by atoms with E-state index in [1.54, 1.807) is 0 Å². The minimum absolute atomic E-state index is 0. The summed E-state index contributed by atoms with van der Waals surface area (Å²) in [4.78, 5) is 11.9. The lowest BCUT2D eigenvalue weighted by Gasteiger charge is -2.22. The van der Waals surface area contributed by atoms with Crippen molar-refractivity contribution in [2.75, 3.05) is 19.7 Å². The number of carbonyl (C=O) groups is 1. The fourth-order valence-corrected chi connectivity index (χ4v) is 1.99. The lowest BCUT2D eigenvalue weighted by molar-refractivity contribution is -0.134. The smallest absolute Gasteiger partial charge is 0.250 e. The fourth-order valence-electron chi connectivity index (χ4n) is 1.99. The molecule has 5 nitrogen and oxygen atoms in total. The van der Waals surface area contributed by atoms with Gasteiger partial charge < -0.3 is 20.1 Å². The second-order valence-electron chi connectivity index (χ2n) is 5.09. The molecular formula is C15H23ClN2O3. The molecule has 0 bridgehead atoms. The molecule has 0 aliphatic carbocycles. The van der Waals surface area contributed by atoms with Gasteiger partial charge in [-0.3, -0.25) is 4.79 Å². The average Bonchev–Trinajstić information content (AvgIpc) is 2.46. The standard InChI is InChI=1S/C15H22N2O3.ClH/c1-11(2)20-13-5-3-12(4-6-13)9-17-15(18)14-10-16-7-8-19-14;/h3-6,11,14,16H,7-10H2,1-2H3,(H,17,18);1H/t14-;/m1./s1. The molecule has 1 amide bonds. The largest absolute Gasteiger partial charge is 0.491 e. The van der Waals surface area contributed by atoms with Crippen LogP contribution in [-0.4, -0.2) is 37.8 Å². The van der Waals surface area contributed by atoms with E-state index in [1.165, 1.54) is 0 Å². The lowest BCUT2D eigenvalue weighted by Crippen LogP contribution is -2.47. The number of ether oxygens (including phenoxy) is 2. The summed E-state index contributed by atoms with van der Waals surface area (Å²) in [5.41, 5.74) is 1.04. The summed E-state index contributed by atoms with van der Waals surface area (Å²) in [5.74, 6) is 0.773. The van der Waals surface area contributed by atoms with Gasteiger partial charge in [0, 0.05) is 19.6 Å². The van der Waals surface area contributed by atoms with Crippen molar-refractivity contribution in [1.29, 1.82) is 0 Å². The molecule has 1 aliphatic heterocycles. The van der Waals surface area contributed by atoms with Crippen LogP contribution in [0.2, 0.25) is 0 Å². The molecule has 0 saturated carbocycles. The second-order valence-corrected chi connectivity index (χ2v) is 5.09. The molecule has 21 heavy (non-hydrogen) atoms. The number of benzene rings is 1. The molecule has 1 aromatic carbocycles. The van der Waals surface area contributed by atoms with Crippen LogP contribution in [0.1, 0.15) is 19.4 Å². The van der Waals surface area contributed by atoms with Gasteiger partial charge in [-0.1, -0.05) is 12.1 Å². The van der Waals surface area contributed by atoms with Gasteiger partial charge >= 0.3 is 0 Å². The number of hydrogen-bond donors (Lipinski definition) is 2. The van der Waals surface area contributed by atoms with Gasteiger partial charge in [-0.15, -0.1) is 12.4 Å². The molecule has 1 aromatic rings. The Morgan fingerprint density at radius 1 is 1.43 bits per heavy atom. The van der Waals surface area contributed by atoms with E-state index >= 15 is 0 Å². The van der Waals surface area contributed by atoms with Crippen LogP contribution in [0, 0.1) is 0 Å². The third-order valence-electron chi connectivity index (χ3n) is 2.98. The number of carbonyl (C=O) groups excluding carboxylic acids is 1. The topological polar surface area (TPSA) is 59.6 Å². The number of nitrogens with one attached hydrogen (secondary N) is 2. The summed E-state index contributed by atoms with van der Waals surface area (Å²) < 4.78 is 11.0. The number of amides is 1. The first-order valence-corrected chi connectivity index (χ1v) is 7.01. The summed E-state index contributed by atoms with van der Waals surface area (Å²) in [6.45, 7) is 6.45. The van der Waals surface area contributed by atoms with Crippen molar-refractivity contribution in [3.63, 3.8) is 0 Å². The van der Waals surface area contributed by atoms with Crippen molar-refractivity contribution in [3.8, 4) is 5.75 Å². The van der Waals surface area contributed by atoms with Gasteiger partial charge in [-0.2, -0.15) is 0 Å². The van der Waals surface area contributed by atoms with Crippen LogP contribution in [0.3, 0.4) is 0 Å². The summed E-state index contributed by atoms with van der Waals surface area (Å²) in [6, 6.07) is 7.75. The first-order chi connectivity index (χ1) is 9.65. The van der Waals surface area contributed by atoms with E-state index in [0.29, 0.717) is 19.7 Å². The molecule has 0 unspecified atom stereocenters. The molecule has 2 N–H and O–H groups in total. The zero-order valence-electron chi connectivity index (χ0n) is 12.4. The fraction of sp³-hybridized carbons (Fsp3) is 0.533. The van der Waals surface area contributed by atoms with E-state index in [9.17, 15) is 4.79 Å². The van der Waals surface area contributed by atoms with Crippen LogP contribution in [0.25, 0.3) is 0 Å². The predicted octanol–water partition coefficient (Wildman–Crippen LogP) is 1.50. The maximum Gasteiger partial charge on any atom is 0.250 e. The molecule has 118 valence electrons. The Morgan fingerprint density at radius 3 is 2.71 bits per heavy atom. The highest BCUT2D eigenvalue weighted by Gasteiger charge is 2.21. The second kappa shape index (κ2) is 8.87. The minimum Gasteiger partial charge on any atom is -0.491 e. The predicted molar refractivity (Wildman–Crippen MR) is 83.9 cm³/mol. The highest BCUT2D eigenvalue weighted by atomic mass is 35.5. The minimum atomic E-state index is -0.382. The Labute approximate surface area is 131 Å². The molecule has 1 aliphatic rings. The van der Waals surface area contributed by atoms with Gasteiger partial charge in [-0.05, 0) is 31.5 Å².